The number of unbranched alkanes of at least 4 members (excludes halogenated alkanes) is 47. The monoisotopic (exact) mass is 1470 g/mol. The Morgan fingerprint density at radius 1 is 0.270 bits per heavy atom. The van der Waals surface area contributed by atoms with E-state index in [0.717, 1.165) is 114 Å². The minimum absolute atomic E-state index is 0.107. The van der Waals surface area contributed by atoms with Crippen LogP contribution in [-0.2, 0) is 65.4 Å². The molecule has 0 spiro atoms. The molecule has 2 unspecified atom stereocenters. The van der Waals surface area contributed by atoms with Crippen molar-refractivity contribution in [1.82, 2.24) is 0 Å². The molecular weight excluding hydrogens is 1310 g/mol. The summed E-state index contributed by atoms with van der Waals surface area (Å²) in [6.07, 6.45) is 59.7. The third-order valence-electron chi connectivity index (χ3n) is 18.9. The summed E-state index contributed by atoms with van der Waals surface area (Å²) in [5.41, 5.74) is 0. The van der Waals surface area contributed by atoms with Gasteiger partial charge in [0.1, 0.15) is 19.3 Å². The largest absolute Gasteiger partial charge is 0.472 e. The van der Waals surface area contributed by atoms with Crippen LogP contribution >= 0.6 is 15.6 Å². The topological polar surface area (TPSA) is 237 Å². The van der Waals surface area contributed by atoms with Gasteiger partial charge in [0.05, 0.1) is 26.4 Å². The Bertz CT molecular complexity index is 1940. The van der Waals surface area contributed by atoms with Crippen molar-refractivity contribution < 1.29 is 80.2 Å². The fourth-order valence-corrected chi connectivity index (χ4v) is 14.1. The molecule has 0 aromatic rings. The van der Waals surface area contributed by atoms with Crippen LogP contribution in [-0.4, -0.2) is 96.7 Å². The van der Waals surface area contributed by atoms with E-state index in [9.17, 15) is 43.2 Å². The molecule has 19 heteroatoms. The summed E-state index contributed by atoms with van der Waals surface area (Å²) in [4.78, 5) is 72.9. The Balaban J connectivity index is 5.21. The van der Waals surface area contributed by atoms with E-state index in [0.29, 0.717) is 25.7 Å². The maximum absolute atomic E-state index is 13.1. The average molecular weight is 1470 g/mol. The lowest BCUT2D eigenvalue weighted by atomic mass is 10.0. The van der Waals surface area contributed by atoms with Crippen molar-refractivity contribution in [3.8, 4) is 0 Å². The second-order valence-electron chi connectivity index (χ2n) is 30.6. The Hall–Kier alpha value is -1.94. The van der Waals surface area contributed by atoms with Crippen LogP contribution in [0.15, 0.2) is 0 Å². The molecule has 0 fully saturated rings. The van der Waals surface area contributed by atoms with Crippen LogP contribution in [0.2, 0.25) is 0 Å². The number of carbonyl (C=O) groups is 4. The third kappa shape index (κ3) is 74.3. The zero-order valence-electron chi connectivity index (χ0n) is 65.7. The highest BCUT2D eigenvalue weighted by atomic mass is 31.2. The quantitative estimate of drug-likeness (QED) is 0.0222. The average Bonchev–Trinajstić information content (AvgIpc) is 0.942. The number of aliphatic hydroxyl groups is 1. The Labute approximate surface area is 613 Å². The second kappa shape index (κ2) is 71.3. The maximum atomic E-state index is 13.1. The van der Waals surface area contributed by atoms with Crippen molar-refractivity contribution in [2.75, 3.05) is 39.6 Å². The highest BCUT2D eigenvalue weighted by molar-refractivity contribution is 7.47. The zero-order chi connectivity index (χ0) is 73.7. The molecule has 0 aliphatic heterocycles. The van der Waals surface area contributed by atoms with Gasteiger partial charge in [-0.2, -0.15) is 0 Å². The zero-order valence-corrected chi connectivity index (χ0v) is 67.5. The van der Waals surface area contributed by atoms with Gasteiger partial charge in [-0.3, -0.25) is 37.3 Å². The van der Waals surface area contributed by atoms with E-state index in [-0.39, 0.29) is 25.7 Å². The first-order chi connectivity index (χ1) is 48.2. The summed E-state index contributed by atoms with van der Waals surface area (Å²) in [6.45, 7) is 12.0. The number of esters is 4. The smallest absolute Gasteiger partial charge is 0.462 e. The normalized spacial score (nSPS) is 14.0. The van der Waals surface area contributed by atoms with Gasteiger partial charge in [-0.1, -0.05) is 370 Å². The SMILES string of the molecule is CCCCCCCCCCC(=O)OC[C@H](COP(=O)(O)OC[C@H](O)COP(=O)(O)OC[C@@H](COC(=O)CCCCCCCCCCCCCCCCC(C)C)OC(=O)CCCCCCCCCCCCCCCCCC(C)C)OC(=O)CCCCCCCCCCCCCCCCC(C)C. The summed E-state index contributed by atoms with van der Waals surface area (Å²) < 4.78 is 68.7. The van der Waals surface area contributed by atoms with Gasteiger partial charge in [0.15, 0.2) is 12.2 Å². The highest BCUT2D eigenvalue weighted by Gasteiger charge is 2.30. The third-order valence-corrected chi connectivity index (χ3v) is 20.8. The van der Waals surface area contributed by atoms with Crippen LogP contribution in [0, 0.1) is 17.8 Å². The summed E-state index contributed by atoms with van der Waals surface area (Å²) in [7, 11) is -9.92. The van der Waals surface area contributed by atoms with E-state index in [4.69, 9.17) is 37.0 Å². The Morgan fingerprint density at radius 2 is 0.460 bits per heavy atom. The first kappa shape index (κ1) is 98.1. The number of carbonyl (C=O) groups excluding carboxylic acids is 4. The number of phosphoric acid groups is 2. The molecule has 0 aromatic heterocycles. The lowest BCUT2D eigenvalue weighted by Crippen LogP contribution is -2.30. The van der Waals surface area contributed by atoms with Gasteiger partial charge in [0, 0.05) is 25.7 Å². The van der Waals surface area contributed by atoms with E-state index in [1.165, 1.54) is 225 Å². The fourth-order valence-electron chi connectivity index (χ4n) is 12.5. The lowest BCUT2D eigenvalue weighted by Gasteiger charge is -2.21. The molecule has 0 radical (unpaired) electrons. The van der Waals surface area contributed by atoms with Crippen LogP contribution in [0.1, 0.15) is 421 Å². The van der Waals surface area contributed by atoms with Crippen molar-refractivity contribution in [2.24, 2.45) is 17.8 Å². The van der Waals surface area contributed by atoms with Gasteiger partial charge in [-0.15, -0.1) is 0 Å². The molecule has 100 heavy (non-hydrogen) atoms. The molecular formula is C81H158O17P2. The minimum atomic E-state index is -4.96. The maximum Gasteiger partial charge on any atom is 0.472 e. The fraction of sp³-hybridized carbons (Fsp3) is 0.951. The Kier molecular flexibility index (Phi) is 69.9. The number of aliphatic hydroxyl groups excluding tert-OH is 1. The predicted molar refractivity (Wildman–Crippen MR) is 409 cm³/mol. The number of ether oxygens (including phenoxy) is 4. The first-order valence-electron chi connectivity index (χ1n) is 41.8. The van der Waals surface area contributed by atoms with Crippen LogP contribution in [0.25, 0.3) is 0 Å². The van der Waals surface area contributed by atoms with Crippen LogP contribution in [0.4, 0.5) is 0 Å². The number of phosphoric ester groups is 2. The molecule has 0 bridgehead atoms. The van der Waals surface area contributed by atoms with Crippen molar-refractivity contribution >= 4 is 39.5 Å². The number of rotatable bonds is 79. The van der Waals surface area contributed by atoms with Crippen LogP contribution in [0.3, 0.4) is 0 Å². The molecule has 0 rings (SSSR count). The van der Waals surface area contributed by atoms with Crippen LogP contribution in [0.5, 0.6) is 0 Å². The number of hydrogen-bond acceptors (Lipinski definition) is 15. The van der Waals surface area contributed by atoms with Gasteiger partial charge in [0.25, 0.3) is 0 Å². The van der Waals surface area contributed by atoms with Crippen molar-refractivity contribution in [2.45, 2.75) is 439 Å². The minimum Gasteiger partial charge on any atom is -0.462 e. The van der Waals surface area contributed by atoms with E-state index in [1.54, 1.807) is 0 Å². The molecule has 0 heterocycles. The second-order valence-corrected chi connectivity index (χ2v) is 33.5. The molecule has 594 valence electrons. The van der Waals surface area contributed by atoms with E-state index in [1.807, 2.05) is 0 Å². The van der Waals surface area contributed by atoms with Gasteiger partial charge >= 0.3 is 39.5 Å². The van der Waals surface area contributed by atoms with Gasteiger partial charge in [-0.25, -0.2) is 9.13 Å². The predicted octanol–water partition coefficient (Wildman–Crippen LogP) is 24.1. The summed E-state index contributed by atoms with van der Waals surface area (Å²) in [6, 6.07) is 0. The van der Waals surface area contributed by atoms with Crippen molar-refractivity contribution in [3.63, 3.8) is 0 Å². The molecule has 0 amide bonds. The molecule has 0 saturated heterocycles. The van der Waals surface area contributed by atoms with Crippen molar-refractivity contribution in [1.29, 1.82) is 0 Å². The van der Waals surface area contributed by atoms with Gasteiger partial charge in [-0.05, 0) is 43.4 Å². The summed E-state index contributed by atoms with van der Waals surface area (Å²) in [5.74, 6) is 0.285. The summed E-state index contributed by atoms with van der Waals surface area (Å²) >= 11 is 0. The molecule has 0 aromatic carbocycles. The lowest BCUT2D eigenvalue weighted by molar-refractivity contribution is -0.161. The molecule has 5 atom stereocenters. The van der Waals surface area contributed by atoms with E-state index < -0.39 is 97.5 Å². The van der Waals surface area contributed by atoms with Gasteiger partial charge in [0.2, 0.25) is 0 Å². The van der Waals surface area contributed by atoms with E-state index >= 15 is 0 Å². The Morgan fingerprint density at radius 3 is 0.680 bits per heavy atom. The molecule has 0 aliphatic carbocycles. The van der Waals surface area contributed by atoms with Crippen LogP contribution < -0.4 is 0 Å². The highest BCUT2D eigenvalue weighted by Crippen LogP contribution is 2.45. The van der Waals surface area contributed by atoms with Gasteiger partial charge < -0.3 is 33.8 Å². The van der Waals surface area contributed by atoms with E-state index in [2.05, 4.69) is 48.5 Å². The van der Waals surface area contributed by atoms with Crippen molar-refractivity contribution in [3.05, 3.63) is 0 Å². The number of hydrogen-bond donors (Lipinski definition) is 3. The molecule has 17 nitrogen and oxygen atoms in total. The molecule has 3 N–H and O–H groups in total. The summed E-state index contributed by atoms with van der Waals surface area (Å²) in [5, 5.41) is 10.6. The molecule has 0 aliphatic rings. The first-order valence-corrected chi connectivity index (χ1v) is 44.8. The molecule has 0 saturated carbocycles. The standard InChI is InChI=1S/C81H158O17P2/c1-8-9-10-11-12-41-48-55-62-78(83)91-68-76(97-80(85)65-58-51-44-37-31-25-19-17-22-28-34-40-47-54-61-74(6)7)70-95-99(87,88)93-66-75(82)67-94-100(89,90)96-71-77(69-92-79(84)63-56-49-42-35-29-23-18-16-21-27-33-39-46-53-60-73(4)5)98-81(86)64-57-50-43-36-30-24-15-13-14-20-26-32-38-45-52-59-72(2)3/h72-77,82H,8-71H2,1-7H3,(H,87,88)(H,89,90)/t75-,76+,77+/m0/s1.